The van der Waals surface area contributed by atoms with E-state index in [0.29, 0.717) is 28.6 Å². The number of ether oxygens (including phenoxy) is 1. The largest absolute Gasteiger partial charge is 0.462 e. The number of pyridine rings is 1. The molecule has 0 saturated carbocycles. The number of aromatic nitrogens is 1. The maximum atomic E-state index is 12.6. The topological polar surface area (TPSA) is 81.9 Å². The molecule has 0 atom stereocenters. The van der Waals surface area contributed by atoms with Crippen LogP contribution in [0.25, 0.3) is 16.6 Å². The molecule has 0 aliphatic rings. The van der Waals surface area contributed by atoms with Crippen LogP contribution < -0.4 is 0 Å². The Hall–Kier alpha value is -2.93. The predicted octanol–water partition coefficient (Wildman–Crippen LogP) is 3.39. The Kier molecular flexibility index (Phi) is 5.14. The second-order valence-corrected chi connectivity index (χ2v) is 8.14. The van der Waals surface area contributed by atoms with Crippen molar-refractivity contribution in [2.45, 2.75) is 18.7 Å². The summed E-state index contributed by atoms with van der Waals surface area (Å²) in [7, 11) is -3.34. The molecule has 140 valence electrons. The molecule has 3 aromatic rings. The Labute approximate surface area is 157 Å². The van der Waals surface area contributed by atoms with Crippen molar-refractivity contribution in [3.63, 3.8) is 0 Å². The number of carbonyl (C=O) groups is 2. The van der Waals surface area contributed by atoms with Crippen molar-refractivity contribution in [1.82, 2.24) is 4.40 Å². The summed E-state index contributed by atoms with van der Waals surface area (Å²) in [6, 6.07) is 11.4. The van der Waals surface area contributed by atoms with Crippen LogP contribution in [0.3, 0.4) is 0 Å². The fourth-order valence-corrected chi connectivity index (χ4v) is 3.93. The zero-order valence-corrected chi connectivity index (χ0v) is 15.8. The van der Waals surface area contributed by atoms with Gasteiger partial charge in [0.1, 0.15) is 0 Å². The van der Waals surface area contributed by atoms with Crippen LogP contribution in [0, 0.1) is 0 Å². The molecule has 0 aliphatic heterocycles. The molecule has 0 fully saturated rings. The van der Waals surface area contributed by atoms with Gasteiger partial charge in [0.15, 0.2) is 16.1 Å². The smallest absolute Gasteiger partial charge is 0.340 e. The van der Waals surface area contributed by atoms with Crippen molar-refractivity contribution in [2.24, 2.45) is 0 Å². The van der Waals surface area contributed by atoms with Gasteiger partial charge in [-0.1, -0.05) is 25.1 Å². The molecule has 2 aromatic heterocycles. The lowest BCUT2D eigenvalue weighted by Crippen LogP contribution is -2.06. The number of carbonyl (C=O) groups excluding carboxylic acids is 2. The van der Waals surface area contributed by atoms with E-state index >= 15 is 0 Å². The summed E-state index contributed by atoms with van der Waals surface area (Å²) in [4.78, 5) is 24.6. The minimum absolute atomic E-state index is 0.00384. The van der Waals surface area contributed by atoms with Gasteiger partial charge in [-0.25, -0.2) is 13.2 Å². The third-order valence-electron chi connectivity index (χ3n) is 4.36. The fourth-order valence-electron chi connectivity index (χ4n) is 3.05. The van der Waals surface area contributed by atoms with Gasteiger partial charge in [0, 0.05) is 11.8 Å². The lowest BCUT2D eigenvalue weighted by atomic mass is 10.0. The molecule has 0 spiro atoms. The second kappa shape index (κ2) is 7.36. The Morgan fingerprint density at radius 1 is 1.11 bits per heavy atom. The number of hydrogen-bond acceptors (Lipinski definition) is 5. The summed E-state index contributed by atoms with van der Waals surface area (Å²) in [6.07, 6.45) is 2.38. The number of benzene rings is 1. The number of rotatable bonds is 6. The summed E-state index contributed by atoms with van der Waals surface area (Å²) < 4.78 is 30.9. The molecule has 7 heteroatoms. The van der Waals surface area contributed by atoms with E-state index < -0.39 is 15.8 Å². The van der Waals surface area contributed by atoms with E-state index in [1.165, 1.54) is 12.1 Å². The van der Waals surface area contributed by atoms with Crippen molar-refractivity contribution in [3.05, 3.63) is 59.9 Å². The number of nitrogens with zero attached hydrogens (tertiary/aromatic N) is 1. The standard InChI is InChI=1S/C20H19NO5S/c1-3-26-20(23)19-16-7-5-6-12-21(16)17(13-22)18(19)14-8-10-15(11-9-14)27(24,25)4-2/h5-13H,3-4H2,1-2H3. The third kappa shape index (κ3) is 3.26. The van der Waals surface area contributed by atoms with Crippen LogP contribution >= 0.6 is 0 Å². The highest BCUT2D eigenvalue weighted by Crippen LogP contribution is 2.33. The van der Waals surface area contributed by atoms with E-state index in [2.05, 4.69) is 0 Å². The predicted molar refractivity (Wildman–Crippen MR) is 102 cm³/mol. The molecule has 0 unspecified atom stereocenters. The molecule has 0 saturated heterocycles. The van der Waals surface area contributed by atoms with Crippen molar-refractivity contribution in [2.75, 3.05) is 12.4 Å². The van der Waals surface area contributed by atoms with E-state index in [1.807, 2.05) is 0 Å². The molecule has 6 nitrogen and oxygen atoms in total. The summed E-state index contributed by atoms with van der Waals surface area (Å²) >= 11 is 0. The number of esters is 1. The maximum Gasteiger partial charge on any atom is 0.340 e. The molecule has 0 aliphatic carbocycles. The quantitative estimate of drug-likeness (QED) is 0.480. The first kappa shape index (κ1) is 18.8. The van der Waals surface area contributed by atoms with Crippen molar-refractivity contribution < 1.29 is 22.7 Å². The highest BCUT2D eigenvalue weighted by atomic mass is 32.2. The fraction of sp³-hybridized carbons (Fsp3) is 0.200. The van der Waals surface area contributed by atoms with Crippen LogP contribution in [-0.2, 0) is 14.6 Å². The van der Waals surface area contributed by atoms with Crippen molar-refractivity contribution >= 4 is 27.6 Å². The lowest BCUT2D eigenvalue weighted by molar-refractivity contribution is 0.0529. The van der Waals surface area contributed by atoms with Crippen LogP contribution in [0.4, 0.5) is 0 Å². The Morgan fingerprint density at radius 2 is 1.81 bits per heavy atom. The van der Waals surface area contributed by atoms with Crippen LogP contribution in [0.15, 0.2) is 53.6 Å². The van der Waals surface area contributed by atoms with Crippen molar-refractivity contribution in [1.29, 1.82) is 0 Å². The van der Waals surface area contributed by atoms with Gasteiger partial charge in [0.2, 0.25) is 0 Å². The first-order chi connectivity index (χ1) is 12.9. The highest BCUT2D eigenvalue weighted by Gasteiger charge is 2.25. The Balaban J connectivity index is 2.28. The molecule has 0 N–H and O–H groups in total. The van der Waals surface area contributed by atoms with E-state index in [-0.39, 0.29) is 22.8 Å². The molecule has 1 aromatic carbocycles. The van der Waals surface area contributed by atoms with Crippen LogP contribution in [-0.4, -0.2) is 37.4 Å². The highest BCUT2D eigenvalue weighted by molar-refractivity contribution is 7.91. The SMILES string of the molecule is CCOC(=O)c1c(-c2ccc(S(=O)(=O)CC)cc2)c(C=O)n2ccccc12. The summed E-state index contributed by atoms with van der Waals surface area (Å²) in [6.45, 7) is 3.49. The number of aldehydes is 1. The minimum atomic E-state index is -3.34. The van der Waals surface area contributed by atoms with Gasteiger partial charge in [-0.15, -0.1) is 0 Å². The van der Waals surface area contributed by atoms with Gasteiger partial charge in [-0.3, -0.25) is 4.79 Å². The van der Waals surface area contributed by atoms with E-state index in [4.69, 9.17) is 4.74 Å². The third-order valence-corrected chi connectivity index (χ3v) is 6.11. The van der Waals surface area contributed by atoms with E-state index in [0.717, 1.165) is 0 Å². The lowest BCUT2D eigenvalue weighted by Gasteiger charge is -2.07. The molecule has 2 heterocycles. The normalized spacial score (nSPS) is 11.5. The molecular weight excluding hydrogens is 366 g/mol. The monoisotopic (exact) mass is 385 g/mol. The van der Waals surface area contributed by atoms with Gasteiger partial charge in [0.05, 0.1) is 34.0 Å². The van der Waals surface area contributed by atoms with E-state index in [1.54, 1.807) is 54.8 Å². The summed E-state index contributed by atoms with van der Waals surface area (Å²) in [5, 5.41) is 0. The first-order valence-corrected chi connectivity index (χ1v) is 10.2. The molecule has 3 rings (SSSR count). The van der Waals surface area contributed by atoms with Crippen molar-refractivity contribution in [3.8, 4) is 11.1 Å². The Morgan fingerprint density at radius 3 is 2.41 bits per heavy atom. The molecule has 0 bridgehead atoms. The number of fused-ring (bicyclic) bond motifs is 1. The first-order valence-electron chi connectivity index (χ1n) is 8.53. The van der Waals surface area contributed by atoms with Gasteiger partial charge in [0.25, 0.3) is 0 Å². The van der Waals surface area contributed by atoms with Gasteiger partial charge >= 0.3 is 5.97 Å². The average Bonchev–Trinajstić information content (AvgIpc) is 3.02. The number of hydrogen-bond donors (Lipinski definition) is 0. The molecule has 27 heavy (non-hydrogen) atoms. The van der Waals surface area contributed by atoms with Gasteiger partial charge in [-0.2, -0.15) is 0 Å². The maximum absolute atomic E-state index is 12.6. The van der Waals surface area contributed by atoms with E-state index in [9.17, 15) is 18.0 Å². The van der Waals surface area contributed by atoms with Gasteiger partial charge < -0.3 is 9.14 Å². The van der Waals surface area contributed by atoms with Crippen LogP contribution in [0.1, 0.15) is 34.7 Å². The van der Waals surface area contributed by atoms with Gasteiger partial charge in [-0.05, 0) is 36.8 Å². The second-order valence-electron chi connectivity index (χ2n) is 5.86. The van der Waals surface area contributed by atoms with Crippen LogP contribution in [0.2, 0.25) is 0 Å². The minimum Gasteiger partial charge on any atom is -0.462 e. The zero-order valence-electron chi connectivity index (χ0n) is 15.0. The summed E-state index contributed by atoms with van der Waals surface area (Å²) in [5.74, 6) is -0.537. The average molecular weight is 385 g/mol. The number of sulfone groups is 1. The zero-order chi connectivity index (χ0) is 19.6. The molecular formula is C20H19NO5S. The molecule has 0 amide bonds. The Bertz CT molecular complexity index is 1110. The summed E-state index contributed by atoms with van der Waals surface area (Å²) in [5.41, 5.74) is 2.14. The van der Waals surface area contributed by atoms with Crippen LogP contribution in [0.5, 0.6) is 0 Å². The molecule has 0 radical (unpaired) electrons.